The van der Waals surface area contributed by atoms with Crippen LogP contribution < -0.4 is 10.2 Å². The largest absolute Gasteiger partial charge is 0.478 e. The molecule has 1 aliphatic heterocycles. The van der Waals surface area contributed by atoms with Crippen molar-refractivity contribution in [1.29, 1.82) is 0 Å². The third kappa shape index (κ3) is 4.75. The Balaban J connectivity index is 2.09. The van der Waals surface area contributed by atoms with Crippen molar-refractivity contribution in [3.05, 3.63) is 35.4 Å². The number of carbonyl (C=O) groups excluding carboxylic acids is 1. The summed E-state index contributed by atoms with van der Waals surface area (Å²) < 4.78 is 5.32. The second-order valence-corrected chi connectivity index (χ2v) is 5.19. The average Bonchev–Trinajstić information content (AvgIpc) is 2.48. The van der Waals surface area contributed by atoms with E-state index >= 15 is 0 Å². The molecular weight excluding hydrogens is 308 g/mol. The number of carbonyl (C=O) groups is 2. The van der Waals surface area contributed by atoms with Crippen molar-refractivity contribution in [2.45, 2.75) is 6.42 Å². The zero-order valence-electron chi connectivity index (χ0n) is 11.9. The van der Waals surface area contributed by atoms with Gasteiger partial charge in [0.15, 0.2) is 0 Å². The molecule has 1 aliphatic rings. The molecule has 7 heteroatoms. The summed E-state index contributed by atoms with van der Waals surface area (Å²) in [6.45, 7) is 2.75. The van der Waals surface area contributed by atoms with Crippen molar-refractivity contribution in [3.8, 4) is 0 Å². The molecule has 1 aromatic carbocycles. The van der Waals surface area contributed by atoms with Crippen molar-refractivity contribution >= 4 is 34.9 Å². The quantitative estimate of drug-likeness (QED) is 0.811. The normalized spacial score (nSPS) is 15.0. The molecule has 1 heterocycles. The van der Waals surface area contributed by atoms with Crippen LogP contribution in [0, 0.1) is 0 Å². The van der Waals surface area contributed by atoms with E-state index in [0.29, 0.717) is 23.9 Å². The first-order valence-electron chi connectivity index (χ1n) is 6.88. The van der Waals surface area contributed by atoms with Gasteiger partial charge in [-0.05, 0) is 18.2 Å². The fourth-order valence-electron chi connectivity index (χ4n) is 2.16. The molecule has 2 N–H and O–H groups in total. The number of benzene rings is 1. The van der Waals surface area contributed by atoms with E-state index < -0.39 is 5.97 Å². The molecule has 1 saturated heterocycles. The first-order valence-corrected chi connectivity index (χ1v) is 7.25. The van der Waals surface area contributed by atoms with Crippen molar-refractivity contribution in [1.82, 2.24) is 0 Å². The van der Waals surface area contributed by atoms with Crippen molar-refractivity contribution < 1.29 is 19.4 Å². The van der Waals surface area contributed by atoms with E-state index in [9.17, 15) is 9.59 Å². The molecular formula is C15H17ClN2O4. The molecule has 6 nitrogen and oxygen atoms in total. The maximum atomic E-state index is 11.9. The Bertz CT molecular complexity index is 583. The zero-order chi connectivity index (χ0) is 15.9. The Labute approximate surface area is 133 Å². The summed E-state index contributed by atoms with van der Waals surface area (Å²) in [7, 11) is 0. The van der Waals surface area contributed by atoms with Crippen LogP contribution in [0.15, 0.2) is 30.4 Å². The standard InChI is InChI=1S/C15H17ClN2O4/c16-11-4-5-13(18-6-8-22-9-7-18)12(10-11)17-14(19)2-1-3-15(20)21/h1,3-5,10H,2,6-9H2,(H,17,19)(H,20,21)/b3-1+. The van der Waals surface area contributed by atoms with Gasteiger partial charge in [-0.1, -0.05) is 17.7 Å². The van der Waals surface area contributed by atoms with E-state index in [2.05, 4.69) is 10.2 Å². The maximum absolute atomic E-state index is 11.9. The van der Waals surface area contributed by atoms with Crippen molar-refractivity contribution in [3.63, 3.8) is 0 Å². The summed E-state index contributed by atoms with van der Waals surface area (Å²) in [6.07, 6.45) is 2.23. The van der Waals surface area contributed by atoms with E-state index in [1.54, 1.807) is 12.1 Å². The Hall–Kier alpha value is -2.05. The molecule has 0 radical (unpaired) electrons. The third-order valence-electron chi connectivity index (χ3n) is 3.15. The molecule has 0 saturated carbocycles. The third-order valence-corrected chi connectivity index (χ3v) is 3.38. The zero-order valence-corrected chi connectivity index (χ0v) is 12.7. The second kappa shape index (κ2) is 7.82. The van der Waals surface area contributed by atoms with Gasteiger partial charge >= 0.3 is 5.97 Å². The van der Waals surface area contributed by atoms with E-state index in [1.165, 1.54) is 6.08 Å². The minimum atomic E-state index is -1.08. The monoisotopic (exact) mass is 324 g/mol. The molecule has 1 fully saturated rings. The van der Waals surface area contributed by atoms with Gasteiger partial charge in [0, 0.05) is 30.6 Å². The number of aliphatic carboxylic acids is 1. The lowest BCUT2D eigenvalue weighted by molar-refractivity contribution is -0.131. The van der Waals surface area contributed by atoms with Gasteiger partial charge in [0.2, 0.25) is 5.91 Å². The molecule has 0 unspecified atom stereocenters. The first kappa shape index (κ1) is 16.3. The lowest BCUT2D eigenvalue weighted by Crippen LogP contribution is -2.36. The van der Waals surface area contributed by atoms with E-state index in [4.69, 9.17) is 21.4 Å². The number of amides is 1. The molecule has 0 bridgehead atoms. The molecule has 0 aliphatic carbocycles. The predicted molar refractivity (Wildman–Crippen MR) is 84.5 cm³/mol. The van der Waals surface area contributed by atoms with Crippen LogP contribution in [0.2, 0.25) is 5.02 Å². The highest BCUT2D eigenvalue weighted by Gasteiger charge is 2.16. The summed E-state index contributed by atoms with van der Waals surface area (Å²) in [5.74, 6) is -1.38. The minimum absolute atomic E-state index is 0.0125. The average molecular weight is 325 g/mol. The molecule has 22 heavy (non-hydrogen) atoms. The van der Waals surface area contributed by atoms with E-state index in [1.807, 2.05) is 6.07 Å². The van der Waals surface area contributed by atoms with Gasteiger partial charge in [-0.15, -0.1) is 0 Å². The highest BCUT2D eigenvalue weighted by molar-refractivity contribution is 6.31. The number of nitrogens with one attached hydrogen (secondary N) is 1. The molecule has 0 atom stereocenters. The topological polar surface area (TPSA) is 78.9 Å². The summed E-state index contributed by atoms with van der Waals surface area (Å²) in [4.78, 5) is 24.4. The van der Waals surface area contributed by atoms with Gasteiger partial charge in [-0.25, -0.2) is 4.79 Å². The fraction of sp³-hybridized carbons (Fsp3) is 0.333. The number of rotatable bonds is 5. The minimum Gasteiger partial charge on any atom is -0.478 e. The number of hydrogen-bond donors (Lipinski definition) is 2. The lowest BCUT2D eigenvalue weighted by atomic mass is 10.2. The predicted octanol–water partition coefficient (Wildman–Crippen LogP) is 2.15. The molecule has 0 spiro atoms. The van der Waals surface area contributed by atoms with Crippen molar-refractivity contribution in [2.24, 2.45) is 0 Å². The Morgan fingerprint density at radius 1 is 1.36 bits per heavy atom. The summed E-state index contributed by atoms with van der Waals surface area (Å²) in [6, 6.07) is 5.31. The van der Waals surface area contributed by atoms with E-state index in [-0.39, 0.29) is 12.3 Å². The van der Waals surface area contributed by atoms with Gasteiger partial charge in [-0.2, -0.15) is 0 Å². The van der Waals surface area contributed by atoms with Gasteiger partial charge in [0.1, 0.15) is 0 Å². The summed E-state index contributed by atoms with van der Waals surface area (Å²) in [5, 5.41) is 11.8. The number of ether oxygens (including phenoxy) is 1. The molecule has 1 aromatic rings. The van der Waals surface area contributed by atoms with Crippen LogP contribution in [-0.2, 0) is 14.3 Å². The number of carboxylic acids is 1. The van der Waals surface area contributed by atoms with Crippen molar-refractivity contribution in [2.75, 3.05) is 36.5 Å². The lowest BCUT2D eigenvalue weighted by Gasteiger charge is -2.30. The van der Waals surface area contributed by atoms with Gasteiger partial charge in [-0.3, -0.25) is 4.79 Å². The number of carboxylic acid groups (broad SMARTS) is 1. The van der Waals surface area contributed by atoms with Crippen LogP contribution in [0.1, 0.15) is 6.42 Å². The first-order chi connectivity index (χ1) is 10.6. The highest BCUT2D eigenvalue weighted by Crippen LogP contribution is 2.30. The number of halogens is 1. The van der Waals surface area contributed by atoms with Crippen LogP contribution in [-0.4, -0.2) is 43.3 Å². The number of anilines is 2. The van der Waals surface area contributed by atoms with Gasteiger partial charge in [0.05, 0.1) is 24.6 Å². The Morgan fingerprint density at radius 2 is 2.09 bits per heavy atom. The number of morpholine rings is 1. The van der Waals surface area contributed by atoms with Gasteiger partial charge in [0.25, 0.3) is 0 Å². The molecule has 1 amide bonds. The smallest absolute Gasteiger partial charge is 0.327 e. The van der Waals surface area contributed by atoms with Crippen LogP contribution in [0.3, 0.4) is 0 Å². The SMILES string of the molecule is O=C(O)/C=C/CC(=O)Nc1cc(Cl)ccc1N1CCOCC1. The van der Waals surface area contributed by atoms with E-state index in [0.717, 1.165) is 24.9 Å². The maximum Gasteiger partial charge on any atom is 0.327 e. The Morgan fingerprint density at radius 3 is 2.77 bits per heavy atom. The highest BCUT2D eigenvalue weighted by atomic mass is 35.5. The van der Waals surface area contributed by atoms with Gasteiger partial charge < -0.3 is 20.1 Å². The van der Waals surface area contributed by atoms with Crippen LogP contribution >= 0.6 is 11.6 Å². The van der Waals surface area contributed by atoms with Crippen LogP contribution in [0.25, 0.3) is 0 Å². The molecule has 118 valence electrons. The summed E-state index contributed by atoms with van der Waals surface area (Å²) >= 11 is 6.00. The Kier molecular flexibility index (Phi) is 5.80. The van der Waals surface area contributed by atoms with Crippen LogP contribution in [0.5, 0.6) is 0 Å². The molecule has 2 rings (SSSR count). The van der Waals surface area contributed by atoms with Crippen LogP contribution in [0.4, 0.5) is 11.4 Å². The fourth-order valence-corrected chi connectivity index (χ4v) is 2.33. The summed E-state index contributed by atoms with van der Waals surface area (Å²) in [5.41, 5.74) is 1.49. The number of hydrogen-bond acceptors (Lipinski definition) is 4. The molecule has 0 aromatic heterocycles. The second-order valence-electron chi connectivity index (χ2n) is 4.75. The number of nitrogens with zero attached hydrogens (tertiary/aromatic N) is 1.